The molecule has 2 fully saturated rings. The lowest BCUT2D eigenvalue weighted by molar-refractivity contribution is -0.133. The summed E-state index contributed by atoms with van der Waals surface area (Å²) >= 11 is 0. The minimum Gasteiger partial charge on any atom is -0.497 e. The molecule has 7 nitrogen and oxygen atoms in total. The Hall–Kier alpha value is -2.92. The summed E-state index contributed by atoms with van der Waals surface area (Å²) in [4.78, 5) is 20.3. The molecule has 1 aromatic heterocycles. The van der Waals surface area contributed by atoms with Crippen LogP contribution in [0, 0.1) is 11.3 Å². The molecule has 0 saturated carbocycles. The lowest BCUT2D eigenvalue weighted by atomic mass is 10.1. The zero-order valence-corrected chi connectivity index (χ0v) is 17.0. The SMILES string of the molecule is COc1ccc2nccc(OC3CCN(CC(=O)N4C[C@@H](F)CC4C#N)CC3)c2c1. The predicted molar refractivity (Wildman–Crippen MR) is 109 cm³/mol. The highest BCUT2D eigenvalue weighted by Gasteiger charge is 2.36. The third-order valence-corrected chi connectivity index (χ3v) is 5.82. The number of piperidine rings is 1. The van der Waals surface area contributed by atoms with Gasteiger partial charge in [0.2, 0.25) is 5.91 Å². The number of likely N-dealkylation sites (tertiary alicyclic amines) is 2. The first-order valence-electron chi connectivity index (χ1n) is 10.2. The Morgan fingerprint density at radius 3 is 2.87 bits per heavy atom. The van der Waals surface area contributed by atoms with Gasteiger partial charge < -0.3 is 14.4 Å². The molecule has 8 heteroatoms. The van der Waals surface area contributed by atoms with E-state index in [1.54, 1.807) is 13.3 Å². The lowest BCUT2D eigenvalue weighted by Gasteiger charge is -2.33. The molecule has 3 heterocycles. The van der Waals surface area contributed by atoms with Crippen molar-refractivity contribution in [2.45, 2.75) is 37.6 Å². The van der Waals surface area contributed by atoms with Crippen molar-refractivity contribution < 1.29 is 18.7 Å². The van der Waals surface area contributed by atoms with E-state index in [2.05, 4.69) is 9.88 Å². The number of carbonyl (C=O) groups is 1. The quantitative estimate of drug-likeness (QED) is 0.751. The zero-order chi connectivity index (χ0) is 21.1. The van der Waals surface area contributed by atoms with E-state index in [1.807, 2.05) is 30.3 Å². The number of carbonyl (C=O) groups excluding carboxylic acids is 1. The molecule has 1 amide bonds. The summed E-state index contributed by atoms with van der Waals surface area (Å²) in [5.41, 5.74) is 0.847. The molecule has 4 rings (SSSR count). The van der Waals surface area contributed by atoms with Gasteiger partial charge in [-0.05, 0) is 37.1 Å². The normalized spacial score (nSPS) is 22.8. The van der Waals surface area contributed by atoms with Gasteiger partial charge in [-0.1, -0.05) is 0 Å². The summed E-state index contributed by atoms with van der Waals surface area (Å²) in [5.74, 6) is 1.35. The largest absolute Gasteiger partial charge is 0.497 e. The number of hydrogen-bond acceptors (Lipinski definition) is 6. The molecule has 0 radical (unpaired) electrons. The highest BCUT2D eigenvalue weighted by molar-refractivity contribution is 5.86. The van der Waals surface area contributed by atoms with Crippen molar-refractivity contribution in [3.05, 3.63) is 30.5 Å². The van der Waals surface area contributed by atoms with Crippen molar-refractivity contribution in [1.29, 1.82) is 5.26 Å². The number of amides is 1. The number of nitrogens with zero attached hydrogens (tertiary/aromatic N) is 4. The van der Waals surface area contributed by atoms with Crippen LogP contribution in [0.1, 0.15) is 19.3 Å². The summed E-state index contributed by atoms with van der Waals surface area (Å²) in [6, 6.07) is 8.95. The molecular formula is C22H25FN4O3. The van der Waals surface area contributed by atoms with Crippen LogP contribution in [0.25, 0.3) is 10.9 Å². The monoisotopic (exact) mass is 412 g/mol. The summed E-state index contributed by atoms with van der Waals surface area (Å²) < 4.78 is 25.2. The van der Waals surface area contributed by atoms with E-state index < -0.39 is 12.2 Å². The van der Waals surface area contributed by atoms with Crippen LogP contribution in [0.3, 0.4) is 0 Å². The van der Waals surface area contributed by atoms with Gasteiger partial charge >= 0.3 is 0 Å². The van der Waals surface area contributed by atoms with Gasteiger partial charge in [-0.3, -0.25) is 14.7 Å². The fraction of sp³-hybridized carbons (Fsp3) is 0.500. The smallest absolute Gasteiger partial charge is 0.237 e. The Kier molecular flexibility index (Phi) is 6.00. The third-order valence-electron chi connectivity index (χ3n) is 5.82. The second kappa shape index (κ2) is 8.84. The number of methoxy groups -OCH3 is 1. The van der Waals surface area contributed by atoms with Crippen molar-refractivity contribution in [2.75, 3.05) is 33.3 Å². The van der Waals surface area contributed by atoms with E-state index in [0.29, 0.717) is 13.1 Å². The van der Waals surface area contributed by atoms with E-state index in [-0.39, 0.29) is 31.5 Å². The number of ether oxygens (including phenoxy) is 2. The number of nitriles is 1. The molecule has 158 valence electrons. The highest BCUT2D eigenvalue weighted by atomic mass is 19.1. The maximum Gasteiger partial charge on any atom is 0.237 e. The van der Waals surface area contributed by atoms with Crippen LogP contribution < -0.4 is 9.47 Å². The number of pyridine rings is 1. The molecule has 2 aliphatic heterocycles. The average molecular weight is 412 g/mol. The highest BCUT2D eigenvalue weighted by Crippen LogP contribution is 2.30. The van der Waals surface area contributed by atoms with Gasteiger partial charge in [0, 0.05) is 31.1 Å². The van der Waals surface area contributed by atoms with Crippen LogP contribution in [-0.4, -0.2) is 72.3 Å². The van der Waals surface area contributed by atoms with Crippen molar-refractivity contribution >= 4 is 16.8 Å². The first-order chi connectivity index (χ1) is 14.6. The predicted octanol–water partition coefficient (Wildman–Crippen LogP) is 2.55. The number of rotatable bonds is 5. The molecular weight excluding hydrogens is 387 g/mol. The first-order valence-corrected chi connectivity index (χ1v) is 10.2. The first kappa shape index (κ1) is 20.4. The Morgan fingerprint density at radius 2 is 2.13 bits per heavy atom. The number of halogens is 1. The molecule has 2 aromatic rings. The van der Waals surface area contributed by atoms with Crippen LogP contribution in [-0.2, 0) is 4.79 Å². The maximum absolute atomic E-state index is 13.6. The molecule has 2 saturated heterocycles. The van der Waals surface area contributed by atoms with Crippen molar-refractivity contribution in [3.63, 3.8) is 0 Å². The summed E-state index contributed by atoms with van der Waals surface area (Å²) in [6.45, 7) is 1.67. The van der Waals surface area contributed by atoms with E-state index in [1.165, 1.54) is 4.90 Å². The second-order valence-corrected chi connectivity index (χ2v) is 7.81. The molecule has 0 bridgehead atoms. The molecule has 0 N–H and O–H groups in total. The van der Waals surface area contributed by atoms with Gasteiger partial charge in [-0.25, -0.2) is 4.39 Å². The van der Waals surface area contributed by atoms with Gasteiger partial charge in [0.15, 0.2) is 0 Å². The fourth-order valence-corrected chi connectivity index (χ4v) is 4.16. The van der Waals surface area contributed by atoms with E-state index >= 15 is 0 Å². The van der Waals surface area contributed by atoms with Gasteiger partial charge in [-0.15, -0.1) is 0 Å². The van der Waals surface area contributed by atoms with Crippen LogP contribution in [0.2, 0.25) is 0 Å². The molecule has 1 aromatic carbocycles. The summed E-state index contributed by atoms with van der Waals surface area (Å²) in [5, 5.41) is 10.0. The standard InChI is InChI=1S/C22H25FN4O3/c1-29-18-2-3-20-19(11-18)21(4-7-25-20)30-17-5-8-26(9-6-17)14-22(28)27-13-15(23)10-16(27)12-24/h2-4,7,11,15-17H,5-6,8-10,13-14H2,1H3/t15-,16?/m0/s1. The van der Waals surface area contributed by atoms with E-state index in [9.17, 15) is 9.18 Å². The Bertz CT molecular complexity index is 955. The fourth-order valence-electron chi connectivity index (χ4n) is 4.16. The minimum atomic E-state index is -1.11. The van der Waals surface area contributed by atoms with Gasteiger partial charge in [0.05, 0.1) is 31.8 Å². The van der Waals surface area contributed by atoms with Crippen LogP contribution >= 0.6 is 0 Å². The average Bonchev–Trinajstić information content (AvgIpc) is 3.16. The molecule has 1 unspecified atom stereocenters. The lowest BCUT2D eigenvalue weighted by Crippen LogP contribution is -2.46. The Morgan fingerprint density at radius 1 is 1.33 bits per heavy atom. The van der Waals surface area contributed by atoms with Crippen molar-refractivity contribution in [3.8, 4) is 17.6 Å². The van der Waals surface area contributed by atoms with Gasteiger partial charge in [0.1, 0.15) is 29.8 Å². The number of hydrogen-bond donors (Lipinski definition) is 0. The molecule has 30 heavy (non-hydrogen) atoms. The summed E-state index contributed by atoms with van der Waals surface area (Å²) in [6.07, 6.45) is 2.36. The van der Waals surface area contributed by atoms with E-state index in [0.717, 1.165) is 35.2 Å². The Labute approximate surface area is 175 Å². The van der Waals surface area contributed by atoms with Crippen molar-refractivity contribution in [1.82, 2.24) is 14.8 Å². The van der Waals surface area contributed by atoms with Crippen LogP contribution in [0.15, 0.2) is 30.5 Å². The number of alkyl halides is 1. The molecule has 0 spiro atoms. The minimum absolute atomic E-state index is 0.0230. The Balaban J connectivity index is 1.34. The number of fused-ring (bicyclic) bond motifs is 1. The number of aromatic nitrogens is 1. The zero-order valence-electron chi connectivity index (χ0n) is 17.0. The van der Waals surface area contributed by atoms with Gasteiger partial charge in [0.25, 0.3) is 0 Å². The van der Waals surface area contributed by atoms with Crippen LogP contribution in [0.4, 0.5) is 4.39 Å². The van der Waals surface area contributed by atoms with E-state index in [4.69, 9.17) is 14.7 Å². The van der Waals surface area contributed by atoms with Crippen LogP contribution in [0.5, 0.6) is 11.5 Å². The second-order valence-electron chi connectivity index (χ2n) is 7.81. The van der Waals surface area contributed by atoms with Crippen molar-refractivity contribution in [2.24, 2.45) is 0 Å². The maximum atomic E-state index is 13.6. The number of benzene rings is 1. The summed E-state index contributed by atoms with van der Waals surface area (Å²) in [7, 11) is 1.63. The van der Waals surface area contributed by atoms with Gasteiger partial charge in [-0.2, -0.15) is 5.26 Å². The molecule has 2 aliphatic rings. The topological polar surface area (TPSA) is 78.7 Å². The third kappa shape index (κ3) is 4.31. The molecule has 2 atom stereocenters. The molecule has 0 aliphatic carbocycles.